The molecule has 0 radical (unpaired) electrons. The van der Waals surface area contributed by atoms with Crippen LogP contribution in [0.2, 0.25) is 0 Å². The molecule has 106 valence electrons. The highest BCUT2D eigenvalue weighted by molar-refractivity contribution is 6.04. The van der Waals surface area contributed by atoms with Gasteiger partial charge in [0.25, 0.3) is 5.91 Å². The maximum Gasteiger partial charge on any atom is 0.255 e. The minimum Gasteiger partial charge on any atom is -0.324 e. The van der Waals surface area contributed by atoms with Gasteiger partial charge in [-0.05, 0) is 50.2 Å². The third-order valence-corrected chi connectivity index (χ3v) is 3.40. The van der Waals surface area contributed by atoms with Crippen molar-refractivity contribution in [3.8, 4) is 5.69 Å². The van der Waals surface area contributed by atoms with E-state index >= 15 is 0 Å². The van der Waals surface area contributed by atoms with Gasteiger partial charge in [-0.3, -0.25) is 9.89 Å². The van der Waals surface area contributed by atoms with Crippen molar-refractivity contribution in [2.45, 2.75) is 13.8 Å². The molecule has 0 aliphatic rings. The number of amides is 1. The third-order valence-electron chi connectivity index (χ3n) is 3.40. The van der Waals surface area contributed by atoms with Crippen LogP contribution < -0.4 is 5.32 Å². The summed E-state index contributed by atoms with van der Waals surface area (Å²) in [6.07, 6.45) is 3.93. The molecule has 2 N–H and O–H groups in total. The van der Waals surface area contributed by atoms with Crippen LogP contribution in [0, 0.1) is 13.8 Å². The van der Waals surface area contributed by atoms with Crippen LogP contribution in [-0.2, 0) is 0 Å². The number of aryl methyl sites for hydroxylation is 2. The summed E-state index contributed by atoms with van der Waals surface area (Å²) in [5.74, 6) is -0.137. The predicted octanol–water partition coefficient (Wildman–Crippen LogP) is 3.07. The van der Waals surface area contributed by atoms with Crippen LogP contribution >= 0.6 is 0 Å². The Morgan fingerprint density at radius 3 is 2.38 bits per heavy atom. The van der Waals surface area contributed by atoms with Crippen molar-refractivity contribution in [3.05, 3.63) is 65.7 Å². The van der Waals surface area contributed by atoms with Crippen molar-refractivity contribution in [1.29, 1.82) is 0 Å². The second-order valence-corrected chi connectivity index (χ2v) is 4.90. The average Bonchev–Trinajstić information content (AvgIpc) is 3.13. The van der Waals surface area contributed by atoms with Crippen molar-refractivity contribution < 1.29 is 4.79 Å². The molecule has 0 fully saturated rings. The maximum atomic E-state index is 12.3. The molecule has 1 aromatic carbocycles. The lowest BCUT2D eigenvalue weighted by Gasteiger charge is -2.07. The van der Waals surface area contributed by atoms with Gasteiger partial charge < -0.3 is 9.88 Å². The summed E-state index contributed by atoms with van der Waals surface area (Å²) in [4.78, 5) is 12.3. The van der Waals surface area contributed by atoms with Crippen LogP contribution in [0.3, 0.4) is 0 Å². The molecule has 0 bridgehead atoms. The Kier molecular flexibility index (Phi) is 3.31. The van der Waals surface area contributed by atoms with Gasteiger partial charge in [0.2, 0.25) is 0 Å². The van der Waals surface area contributed by atoms with E-state index in [4.69, 9.17) is 0 Å². The molecule has 0 atom stereocenters. The molecule has 0 aliphatic carbocycles. The monoisotopic (exact) mass is 280 g/mol. The quantitative estimate of drug-likeness (QED) is 0.774. The summed E-state index contributed by atoms with van der Waals surface area (Å²) in [5.41, 5.74) is 4.02. The number of H-pyrrole nitrogens is 1. The lowest BCUT2D eigenvalue weighted by molar-refractivity contribution is 0.102. The van der Waals surface area contributed by atoms with Crippen LogP contribution in [0.4, 0.5) is 5.69 Å². The summed E-state index contributed by atoms with van der Waals surface area (Å²) >= 11 is 0. The van der Waals surface area contributed by atoms with Crippen molar-refractivity contribution in [3.63, 3.8) is 0 Å². The standard InChI is InChI=1S/C16H16N4O/c1-11-15(12(2)19-18-11)17-16(21)13-5-7-14(8-6-13)20-9-3-4-10-20/h3-10H,1-2H3,(H,17,21)(H,18,19). The van der Waals surface area contributed by atoms with Gasteiger partial charge in [0.15, 0.2) is 0 Å². The zero-order valence-corrected chi connectivity index (χ0v) is 11.9. The van der Waals surface area contributed by atoms with Crippen LogP contribution in [0.15, 0.2) is 48.8 Å². The molecule has 2 heterocycles. The summed E-state index contributed by atoms with van der Waals surface area (Å²) in [5, 5.41) is 9.81. The van der Waals surface area contributed by atoms with E-state index < -0.39 is 0 Å². The maximum absolute atomic E-state index is 12.3. The van der Waals surface area contributed by atoms with E-state index in [2.05, 4.69) is 15.5 Å². The van der Waals surface area contributed by atoms with Gasteiger partial charge >= 0.3 is 0 Å². The minimum atomic E-state index is -0.137. The molecule has 5 heteroatoms. The topological polar surface area (TPSA) is 62.7 Å². The van der Waals surface area contributed by atoms with E-state index in [1.807, 2.05) is 67.2 Å². The average molecular weight is 280 g/mol. The third kappa shape index (κ3) is 2.58. The van der Waals surface area contributed by atoms with Crippen molar-refractivity contribution >= 4 is 11.6 Å². The summed E-state index contributed by atoms with van der Waals surface area (Å²) in [6.45, 7) is 3.74. The first-order valence-electron chi connectivity index (χ1n) is 6.71. The molecule has 0 spiro atoms. The summed E-state index contributed by atoms with van der Waals surface area (Å²) in [6, 6.07) is 11.4. The van der Waals surface area contributed by atoms with Crippen molar-refractivity contribution in [2.24, 2.45) is 0 Å². The van der Waals surface area contributed by atoms with Crippen LogP contribution in [0.1, 0.15) is 21.7 Å². The van der Waals surface area contributed by atoms with E-state index in [-0.39, 0.29) is 5.91 Å². The molecular formula is C16H16N4O. The number of hydrogen-bond donors (Lipinski definition) is 2. The summed E-state index contributed by atoms with van der Waals surface area (Å²) in [7, 11) is 0. The number of aromatic nitrogens is 3. The van der Waals surface area contributed by atoms with E-state index in [1.54, 1.807) is 0 Å². The lowest BCUT2D eigenvalue weighted by atomic mass is 10.2. The molecule has 1 amide bonds. The molecular weight excluding hydrogens is 264 g/mol. The smallest absolute Gasteiger partial charge is 0.255 e. The van der Waals surface area contributed by atoms with Gasteiger partial charge in [-0.25, -0.2) is 0 Å². The Bertz CT molecular complexity index is 735. The van der Waals surface area contributed by atoms with Crippen molar-refractivity contribution in [2.75, 3.05) is 5.32 Å². The normalized spacial score (nSPS) is 10.6. The zero-order valence-electron chi connectivity index (χ0n) is 11.9. The number of hydrogen-bond acceptors (Lipinski definition) is 2. The molecule has 0 saturated heterocycles. The van der Waals surface area contributed by atoms with E-state index in [0.29, 0.717) is 5.56 Å². The molecule has 0 aliphatic heterocycles. The number of benzene rings is 1. The lowest BCUT2D eigenvalue weighted by Crippen LogP contribution is -2.13. The first-order valence-corrected chi connectivity index (χ1v) is 6.71. The molecule has 21 heavy (non-hydrogen) atoms. The predicted molar refractivity (Wildman–Crippen MR) is 81.8 cm³/mol. The van der Waals surface area contributed by atoms with Gasteiger partial charge in [0.1, 0.15) is 0 Å². The van der Waals surface area contributed by atoms with Gasteiger partial charge in [-0.2, -0.15) is 5.10 Å². The van der Waals surface area contributed by atoms with Gasteiger partial charge in [-0.15, -0.1) is 0 Å². The van der Waals surface area contributed by atoms with Gasteiger partial charge in [0.05, 0.1) is 17.1 Å². The highest BCUT2D eigenvalue weighted by Gasteiger charge is 2.11. The Hall–Kier alpha value is -2.82. The first kappa shape index (κ1) is 13.2. The number of carbonyl (C=O) groups is 1. The number of nitrogens with one attached hydrogen (secondary N) is 2. The highest BCUT2D eigenvalue weighted by Crippen LogP contribution is 2.18. The van der Waals surface area contributed by atoms with E-state index in [9.17, 15) is 4.79 Å². The SMILES string of the molecule is Cc1n[nH]c(C)c1NC(=O)c1ccc(-n2cccc2)cc1. The van der Waals surface area contributed by atoms with Gasteiger partial charge in [-0.1, -0.05) is 0 Å². The number of anilines is 1. The van der Waals surface area contributed by atoms with Crippen LogP contribution in [0.5, 0.6) is 0 Å². The Balaban J connectivity index is 1.79. The highest BCUT2D eigenvalue weighted by atomic mass is 16.1. The Morgan fingerprint density at radius 2 is 1.81 bits per heavy atom. The number of aromatic amines is 1. The fourth-order valence-corrected chi connectivity index (χ4v) is 2.21. The summed E-state index contributed by atoms with van der Waals surface area (Å²) < 4.78 is 1.99. The number of nitrogens with zero attached hydrogens (tertiary/aromatic N) is 2. The zero-order chi connectivity index (χ0) is 14.8. The number of rotatable bonds is 3. The second kappa shape index (κ2) is 5.28. The van der Waals surface area contributed by atoms with E-state index in [0.717, 1.165) is 22.8 Å². The van der Waals surface area contributed by atoms with Crippen LogP contribution in [-0.4, -0.2) is 20.7 Å². The minimum absolute atomic E-state index is 0.137. The molecule has 5 nitrogen and oxygen atoms in total. The second-order valence-electron chi connectivity index (χ2n) is 4.90. The Labute approximate surface area is 122 Å². The molecule has 3 aromatic rings. The molecule has 0 saturated carbocycles. The fourth-order valence-electron chi connectivity index (χ4n) is 2.21. The first-order chi connectivity index (χ1) is 10.1. The largest absolute Gasteiger partial charge is 0.324 e. The molecule has 3 rings (SSSR count). The van der Waals surface area contributed by atoms with E-state index in [1.165, 1.54) is 0 Å². The van der Waals surface area contributed by atoms with Crippen LogP contribution in [0.25, 0.3) is 5.69 Å². The Morgan fingerprint density at radius 1 is 1.14 bits per heavy atom. The van der Waals surface area contributed by atoms with Crippen molar-refractivity contribution in [1.82, 2.24) is 14.8 Å². The molecule has 0 unspecified atom stereocenters. The number of carbonyl (C=O) groups excluding carboxylic acids is 1. The van der Waals surface area contributed by atoms with Gasteiger partial charge in [0, 0.05) is 23.6 Å². The molecule has 2 aromatic heterocycles. The fraction of sp³-hybridized carbons (Fsp3) is 0.125.